The fourth-order valence-corrected chi connectivity index (χ4v) is 5.18. The number of nitrogens with one attached hydrogen (secondary N) is 3. The van der Waals surface area contributed by atoms with E-state index in [1.165, 1.54) is 0 Å². The zero-order chi connectivity index (χ0) is 27.4. The van der Waals surface area contributed by atoms with Gasteiger partial charge in [-0.05, 0) is 49.7 Å². The zero-order valence-electron chi connectivity index (χ0n) is 21.1. The van der Waals surface area contributed by atoms with Crippen molar-refractivity contribution < 1.29 is 22.7 Å². The average Bonchev–Trinajstić information content (AvgIpc) is 3.46. The van der Waals surface area contributed by atoms with Crippen LogP contribution in [0.25, 0.3) is 10.9 Å². The van der Waals surface area contributed by atoms with E-state index in [1.54, 1.807) is 12.1 Å². The van der Waals surface area contributed by atoms with Crippen LogP contribution in [0.3, 0.4) is 0 Å². The van der Waals surface area contributed by atoms with E-state index in [0.29, 0.717) is 48.7 Å². The summed E-state index contributed by atoms with van der Waals surface area (Å²) in [4.78, 5) is 27.1. The van der Waals surface area contributed by atoms with Gasteiger partial charge in [-0.1, -0.05) is 11.6 Å². The average molecular weight is 564 g/mol. The van der Waals surface area contributed by atoms with Gasteiger partial charge in [0.25, 0.3) is 5.91 Å². The molecular weight excluding hydrogens is 535 g/mol. The largest absolute Gasteiger partial charge is 0.451 e. The summed E-state index contributed by atoms with van der Waals surface area (Å²) in [6.45, 7) is 4.96. The Labute approximate surface area is 228 Å². The lowest BCUT2D eigenvalue weighted by molar-refractivity contribution is -0.145. The van der Waals surface area contributed by atoms with Gasteiger partial charge in [-0.25, -0.2) is 15.0 Å². The molecule has 0 radical (unpaired) electrons. The third kappa shape index (κ3) is 6.57. The highest BCUT2D eigenvalue weighted by Gasteiger charge is 2.35. The molecule has 2 aliphatic heterocycles. The monoisotopic (exact) mass is 563 g/mol. The SMILES string of the molecule is O=C(NCC(c1cnc(C(F)(F)F)nc1)N1CCOCC1)c1c(Cl)ccc2nc(NCC3CCNC3)ccc12. The van der Waals surface area contributed by atoms with Crippen molar-refractivity contribution >= 4 is 34.2 Å². The molecule has 2 unspecified atom stereocenters. The molecule has 1 aromatic carbocycles. The minimum Gasteiger partial charge on any atom is -0.379 e. The molecule has 0 aliphatic carbocycles. The van der Waals surface area contributed by atoms with E-state index >= 15 is 0 Å². The third-order valence-electron chi connectivity index (χ3n) is 7.03. The van der Waals surface area contributed by atoms with E-state index in [-0.39, 0.29) is 17.1 Å². The molecule has 9 nitrogen and oxygen atoms in total. The molecule has 0 spiro atoms. The molecule has 1 amide bonds. The first-order valence-electron chi connectivity index (χ1n) is 12.8. The molecule has 0 bridgehead atoms. The van der Waals surface area contributed by atoms with Crippen molar-refractivity contribution in [3.63, 3.8) is 0 Å². The van der Waals surface area contributed by atoms with Crippen LogP contribution in [0, 0.1) is 5.92 Å². The van der Waals surface area contributed by atoms with Crippen molar-refractivity contribution in [3.05, 3.63) is 58.6 Å². The molecule has 3 aromatic rings. The fourth-order valence-electron chi connectivity index (χ4n) is 4.93. The second-order valence-electron chi connectivity index (χ2n) is 9.64. The number of ether oxygens (including phenoxy) is 1. The number of pyridine rings is 1. The number of hydrogen-bond donors (Lipinski definition) is 3. The van der Waals surface area contributed by atoms with E-state index < -0.39 is 23.9 Å². The van der Waals surface area contributed by atoms with Crippen LogP contribution in [0.15, 0.2) is 36.7 Å². The number of amides is 1. The molecule has 0 saturated carbocycles. The Morgan fingerprint density at radius 2 is 1.95 bits per heavy atom. The van der Waals surface area contributed by atoms with Crippen LogP contribution >= 0.6 is 11.6 Å². The van der Waals surface area contributed by atoms with Crippen LogP contribution in [0.2, 0.25) is 5.02 Å². The number of fused-ring (bicyclic) bond motifs is 1. The topological polar surface area (TPSA) is 104 Å². The molecule has 4 heterocycles. The van der Waals surface area contributed by atoms with Crippen molar-refractivity contribution in [1.82, 2.24) is 30.5 Å². The van der Waals surface area contributed by atoms with Gasteiger partial charge in [0.1, 0.15) is 5.82 Å². The zero-order valence-corrected chi connectivity index (χ0v) is 21.9. The predicted molar refractivity (Wildman–Crippen MR) is 141 cm³/mol. The highest BCUT2D eigenvalue weighted by molar-refractivity contribution is 6.35. The number of carbonyl (C=O) groups excluding carboxylic acids is 1. The molecule has 208 valence electrons. The van der Waals surface area contributed by atoms with Crippen molar-refractivity contribution in [1.29, 1.82) is 0 Å². The van der Waals surface area contributed by atoms with E-state index in [4.69, 9.17) is 16.3 Å². The van der Waals surface area contributed by atoms with Gasteiger partial charge in [0, 0.05) is 49.5 Å². The summed E-state index contributed by atoms with van der Waals surface area (Å²) in [6, 6.07) is 6.61. The Balaban J connectivity index is 1.33. The molecule has 2 aromatic heterocycles. The van der Waals surface area contributed by atoms with Crippen LogP contribution in [0.4, 0.5) is 19.0 Å². The number of nitrogens with zero attached hydrogens (tertiary/aromatic N) is 4. The van der Waals surface area contributed by atoms with E-state index in [0.717, 1.165) is 44.3 Å². The van der Waals surface area contributed by atoms with Crippen LogP contribution in [-0.2, 0) is 10.9 Å². The summed E-state index contributed by atoms with van der Waals surface area (Å²) in [7, 11) is 0. The first-order valence-corrected chi connectivity index (χ1v) is 13.2. The number of rotatable bonds is 8. The normalized spacial score (nSPS) is 19.2. The molecule has 13 heteroatoms. The summed E-state index contributed by atoms with van der Waals surface area (Å²) in [6.07, 6.45) is -1.20. The molecule has 39 heavy (non-hydrogen) atoms. The minimum absolute atomic E-state index is 0.114. The van der Waals surface area contributed by atoms with Crippen LogP contribution in [0.5, 0.6) is 0 Å². The van der Waals surface area contributed by atoms with Crippen LogP contribution in [-0.4, -0.2) is 78.2 Å². The standard InChI is InChI=1S/C26H29ClF3N7O2/c27-19-2-3-20-18(1-4-22(36-20)32-12-16-5-6-31-11-16)23(19)24(38)33-15-21(37-7-9-39-10-8-37)17-13-34-25(35-14-17)26(28,29)30/h1-4,13-14,16,21,31H,5-12,15H2,(H,32,36)(H,33,38). The number of carbonyl (C=O) groups is 1. The number of hydrogen-bond acceptors (Lipinski definition) is 8. The lowest BCUT2D eigenvalue weighted by atomic mass is 10.1. The molecule has 2 saturated heterocycles. The van der Waals surface area contributed by atoms with Gasteiger partial charge in [0.15, 0.2) is 0 Å². The van der Waals surface area contributed by atoms with Crippen molar-refractivity contribution in [2.24, 2.45) is 5.92 Å². The quantitative estimate of drug-likeness (QED) is 0.382. The second kappa shape index (κ2) is 12.0. The highest BCUT2D eigenvalue weighted by atomic mass is 35.5. The van der Waals surface area contributed by atoms with Crippen molar-refractivity contribution in [2.45, 2.75) is 18.6 Å². The van der Waals surface area contributed by atoms with E-state index in [2.05, 4.69) is 30.9 Å². The number of benzene rings is 1. The maximum Gasteiger partial charge on any atom is 0.451 e. The molecular formula is C26H29ClF3N7O2. The third-order valence-corrected chi connectivity index (χ3v) is 7.35. The maximum atomic E-state index is 13.4. The Hall–Kier alpha value is -3.06. The summed E-state index contributed by atoms with van der Waals surface area (Å²) in [5, 5.41) is 10.5. The van der Waals surface area contributed by atoms with Gasteiger partial charge in [0.05, 0.1) is 35.4 Å². The molecule has 2 atom stereocenters. The van der Waals surface area contributed by atoms with Gasteiger partial charge < -0.3 is 20.7 Å². The fraction of sp³-hybridized carbons (Fsp3) is 0.462. The molecule has 5 rings (SSSR count). The van der Waals surface area contributed by atoms with Gasteiger partial charge >= 0.3 is 6.18 Å². The smallest absolute Gasteiger partial charge is 0.379 e. The number of anilines is 1. The van der Waals surface area contributed by atoms with Gasteiger partial charge in [-0.3, -0.25) is 9.69 Å². The second-order valence-corrected chi connectivity index (χ2v) is 10.0. The highest BCUT2D eigenvalue weighted by Crippen LogP contribution is 2.29. The lowest BCUT2D eigenvalue weighted by Gasteiger charge is -2.34. The van der Waals surface area contributed by atoms with Gasteiger partial charge in [-0.2, -0.15) is 13.2 Å². The number of aromatic nitrogens is 3. The molecule has 2 fully saturated rings. The van der Waals surface area contributed by atoms with Gasteiger partial charge in [-0.15, -0.1) is 0 Å². The van der Waals surface area contributed by atoms with Crippen LogP contribution in [0.1, 0.15) is 34.2 Å². The number of alkyl halides is 3. The lowest BCUT2D eigenvalue weighted by Crippen LogP contribution is -2.44. The predicted octanol–water partition coefficient (Wildman–Crippen LogP) is 3.52. The first-order chi connectivity index (χ1) is 18.8. The maximum absolute atomic E-state index is 13.4. The molecule has 2 aliphatic rings. The van der Waals surface area contributed by atoms with E-state index in [1.807, 2.05) is 17.0 Å². The summed E-state index contributed by atoms with van der Waals surface area (Å²) >= 11 is 6.46. The Bertz CT molecular complexity index is 1300. The summed E-state index contributed by atoms with van der Waals surface area (Å²) < 4.78 is 44.4. The number of morpholine rings is 1. The first kappa shape index (κ1) is 27.5. The molecule has 3 N–H and O–H groups in total. The Morgan fingerprint density at radius 1 is 1.18 bits per heavy atom. The number of halogens is 4. The minimum atomic E-state index is -4.64. The Morgan fingerprint density at radius 3 is 2.64 bits per heavy atom. The van der Waals surface area contributed by atoms with Crippen molar-refractivity contribution in [3.8, 4) is 0 Å². The van der Waals surface area contributed by atoms with Crippen LogP contribution < -0.4 is 16.0 Å². The van der Waals surface area contributed by atoms with Crippen molar-refractivity contribution in [2.75, 3.05) is 57.8 Å². The van der Waals surface area contributed by atoms with E-state index in [9.17, 15) is 18.0 Å². The summed E-state index contributed by atoms with van der Waals surface area (Å²) in [5.74, 6) is -0.350. The van der Waals surface area contributed by atoms with Gasteiger partial charge in [0.2, 0.25) is 5.82 Å². The summed E-state index contributed by atoms with van der Waals surface area (Å²) in [5.41, 5.74) is 1.38. The Kier molecular flexibility index (Phi) is 8.46.